The van der Waals surface area contributed by atoms with Gasteiger partial charge in [-0.15, -0.1) is 13.2 Å². The monoisotopic (exact) mass is 365 g/mol. The minimum atomic E-state index is -4.78. The molecule has 0 heterocycles. The zero-order chi connectivity index (χ0) is 19.5. The zero-order valence-electron chi connectivity index (χ0n) is 14.9. The summed E-state index contributed by atoms with van der Waals surface area (Å²) in [5.41, 5.74) is 8.05. The molecule has 0 saturated heterocycles. The Morgan fingerprint density at radius 1 is 1.08 bits per heavy atom. The SMILES string of the molecule is CC(C)(C)c1ccc(CN(C(=N)N)c2cccc(OC(F)(F)F)c2)cc1. The van der Waals surface area contributed by atoms with E-state index in [-0.39, 0.29) is 23.7 Å². The molecule has 0 aliphatic heterocycles. The minimum Gasteiger partial charge on any atom is -0.406 e. The first kappa shape index (κ1) is 19.6. The van der Waals surface area contributed by atoms with Crippen molar-refractivity contribution < 1.29 is 17.9 Å². The number of ether oxygens (including phenoxy) is 1. The van der Waals surface area contributed by atoms with Gasteiger partial charge in [0.25, 0.3) is 0 Å². The van der Waals surface area contributed by atoms with Crippen LogP contribution in [-0.2, 0) is 12.0 Å². The van der Waals surface area contributed by atoms with Crippen LogP contribution in [-0.4, -0.2) is 12.3 Å². The van der Waals surface area contributed by atoms with E-state index in [2.05, 4.69) is 25.5 Å². The Morgan fingerprint density at radius 2 is 1.69 bits per heavy atom. The summed E-state index contributed by atoms with van der Waals surface area (Å²) in [7, 11) is 0. The predicted molar refractivity (Wildman–Crippen MR) is 96.4 cm³/mol. The van der Waals surface area contributed by atoms with Crippen molar-refractivity contribution in [3.63, 3.8) is 0 Å². The van der Waals surface area contributed by atoms with Crippen LogP contribution < -0.4 is 15.4 Å². The van der Waals surface area contributed by atoms with Gasteiger partial charge in [-0.2, -0.15) is 0 Å². The summed E-state index contributed by atoms with van der Waals surface area (Å²) in [5.74, 6) is -0.626. The molecule has 3 N–H and O–H groups in total. The van der Waals surface area contributed by atoms with Gasteiger partial charge in [-0.05, 0) is 28.7 Å². The second-order valence-electron chi connectivity index (χ2n) is 6.96. The Morgan fingerprint density at radius 3 is 2.19 bits per heavy atom. The van der Waals surface area contributed by atoms with Crippen LogP contribution in [0.25, 0.3) is 0 Å². The number of benzene rings is 2. The summed E-state index contributed by atoms with van der Waals surface area (Å²) < 4.78 is 41.2. The molecule has 0 radical (unpaired) electrons. The molecule has 0 amide bonds. The normalized spacial score (nSPS) is 11.9. The third kappa shape index (κ3) is 5.40. The summed E-state index contributed by atoms with van der Waals surface area (Å²) >= 11 is 0. The maximum Gasteiger partial charge on any atom is 0.573 e. The van der Waals surface area contributed by atoms with Crippen molar-refractivity contribution >= 4 is 11.6 Å². The zero-order valence-corrected chi connectivity index (χ0v) is 14.9. The molecule has 26 heavy (non-hydrogen) atoms. The van der Waals surface area contributed by atoms with Gasteiger partial charge >= 0.3 is 6.36 Å². The molecule has 140 valence electrons. The first-order valence-electron chi connectivity index (χ1n) is 8.02. The molecule has 0 aliphatic carbocycles. The molecule has 7 heteroatoms. The van der Waals surface area contributed by atoms with Crippen LogP contribution in [0.2, 0.25) is 0 Å². The predicted octanol–water partition coefficient (Wildman–Crippen LogP) is 4.78. The molecule has 0 spiro atoms. The number of nitrogens with zero attached hydrogens (tertiary/aromatic N) is 1. The highest BCUT2D eigenvalue weighted by Crippen LogP contribution is 2.28. The van der Waals surface area contributed by atoms with Crippen molar-refractivity contribution in [3.8, 4) is 5.75 Å². The third-order valence-electron chi connectivity index (χ3n) is 3.81. The number of hydrogen-bond donors (Lipinski definition) is 2. The molecular weight excluding hydrogens is 343 g/mol. The molecule has 0 aromatic heterocycles. The molecule has 2 aromatic carbocycles. The van der Waals surface area contributed by atoms with E-state index in [9.17, 15) is 13.2 Å². The number of anilines is 1. The lowest BCUT2D eigenvalue weighted by molar-refractivity contribution is -0.274. The minimum absolute atomic E-state index is 0.0159. The number of guanidine groups is 1. The van der Waals surface area contributed by atoms with Gasteiger partial charge in [0.05, 0.1) is 6.54 Å². The van der Waals surface area contributed by atoms with Gasteiger partial charge in [0.2, 0.25) is 0 Å². The molecule has 2 rings (SSSR count). The molecule has 2 aromatic rings. The first-order chi connectivity index (χ1) is 12.0. The summed E-state index contributed by atoms with van der Waals surface area (Å²) in [6, 6.07) is 13.3. The Labute approximate surface area is 150 Å². The van der Waals surface area contributed by atoms with Crippen molar-refractivity contribution in [2.75, 3.05) is 4.90 Å². The second kappa shape index (κ2) is 7.27. The van der Waals surface area contributed by atoms with Crippen LogP contribution in [0.4, 0.5) is 18.9 Å². The Hall–Kier alpha value is -2.70. The van der Waals surface area contributed by atoms with Gasteiger partial charge in [-0.1, -0.05) is 51.1 Å². The maximum absolute atomic E-state index is 12.4. The second-order valence-corrected chi connectivity index (χ2v) is 6.96. The van der Waals surface area contributed by atoms with E-state index in [0.29, 0.717) is 5.69 Å². The fourth-order valence-corrected chi connectivity index (χ4v) is 2.46. The van der Waals surface area contributed by atoms with Crippen LogP contribution in [0.5, 0.6) is 5.75 Å². The molecule has 0 unspecified atom stereocenters. The van der Waals surface area contributed by atoms with Crippen molar-refractivity contribution in [2.45, 2.75) is 39.1 Å². The highest BCUT2D eigenvalue weighted by Gasteiger charge is 2.31. The quantitative estimate of drug-likeness (QED) is 0.605. The van der Waals surface area contributed by atoms with Crippen LogP contribution >= 0.6 is 0 Å². The third-order valence-corrected chi connectivity index (χ3v) is 3.81. The van der Waals surface area contributed by atoms with Crippen molar-refractivity contribution in [1.82, 2.24) is 0 Å². The number of nitrogens with one attached hydrogen (secondary N) is 1. The van der Waals surface area contributed by atoms with E-state index in [1.807, 2.05) is 24.3 Å². The molecule has 0 fully saturated rings. The summed E-state index contributed by atoms with van der Waals surface area (Å²) in [5, 5.41) is 7.77. The number of alkyl halides is 3. The Bertz CT molecular complexity index is 765. The average Bonchev–Trinajstić information content (AvgIpc) is 2.50. The molecular formula is C19H22F3N3O. The number of nitrogens with two attached hydrogens (primary N) is 1. The lowest BCUT2D eigenvalue weighted by atomic mass is 9.87. The topological polar surface area (TPSA) is 62.3 Å². The van der Waals surface area contributed by atoms with E-state index in [4.69, 9.17) is 11.1 Å². The lowest BCUT2D eigenvalue weighted by Crippen LogP contribution is -2.36. The smallest absolute Gasteiger partial charge is 0.406 e. The van der Waals surface area contributed by atoms with E-state index in [0.717, 1.165) is 11.1 Å². The number of halogens is 3. The Kier molecular flexibility index (Phi) is 5.49. The van der Waals surface area contributed by atoms with Gasteiger partial charge in [-0.25, -0.2) is 0 Å². The largest absolute Gasteiger partial charge is 0.573 e. The van der Waals surface area contributed by atoms with Crippen LogP contribution in [0.15, 0.2) is 48.5 Å². The molecule has 0 bridgehead atoms. The van der Waals surface area contributed by atoms with Gasteiger partial charge in [-0.3, -0.25) is 5.41 Å². The molecule has 4 nitrogen and oxygen atoms in total. The fourth-order valence-electron chi connectivity index (χ4n) is 2.46. The Balaban J connectivity index is 2.24. The molecule has 0 aliphatic rings. The number of hydrogen-bond acceptors (Lipinski definition) is 2. The van der Waals surface area contributed by atoms with E-state index in [1.165, 1.54) is 23.1 Å². The fraction of sp³-hybridized carbons (Fsp3) is 0.316. The van der Waals surface area contributed by atoms with Crippen molar-refractivity contribution in [2.24, 2.45) is 5.73 Å². The van der Waals surface area contributed by atoms with E-state index in [1.54, 1.807) is 6.07 Å². The van der Waals surface area contributed by atoms with Crippen molar-refractivity contribution in [3.05, 3.63) is 59.7 Å². The van der Waals surface area contributed by atoms with Gasteiger partial charge in [0, 0.05) is 11.8 Å². The summed E-state index contributed by atoms with van der Waals surface area (Å²) in [4.78, 5) is 1.41. The molecule has 0 atom stereocenters. The first-order valence-corrected chi connectivity index (χ1v) is 8.02. The number of rotatable bonds is 4. The van der Waals surface area contributed by atoms with Gasteiger partial charge in [0.15, 0.2) is 5.96 Å². The standard InChI is InChI=1S/C19H22F3N3O/c1-18(2,3)14-9-7-13(8-10-14)12-25(17(23)24)15-5-4-6-16(11-15)26-19(20,21)22/h4-11H,12H2,1-3H3,(H3,23,24). The summed E-state index contributed by atoms with van der Waals surface area (Å²) in [6.45, 7) is 6.58. The van der Waals surface area contributed by atoms with Gasteiger partial charge in [0.1, 0.15) is 5.75 Å². The van der Waals surface area contributed by atoms with Gasteiger partial charge < -0.3 is 15.4 Å². The van der Waals surface area contributed by atoms with Crippen LogP contribution in [0.1, 0.15) is 31.9 Å². The average molecular weight is 365 g/mol. The highest BCUT2D eigenvalue weighted by atomic mass is 19.4. The van der Waals surface area contributed by atoms with E-state index >= 15 is 0 Å². The maximum atomic E-state index is 12.4. The lowest BCUT2D eigenvalue weighted by Gasteiger charge is -2.24. The molecule has 0 saturated carbocycles. The van der Waals surface area contributed by atoms with Crippen molar-refractivity contribution in [1.29, 1.82) is 5.41 Å². The summed E-state index contributed by atoms with van der Waals surface area (Å²) in [6.07, 6.45) is -4.78. The van der Waals surface area contributed by atoms with Crippen LogP contribution in [0, 0.1) is 5.41 Å². The highest BCUT2D eigenvalue weighted by molar-refractivity contribution is 5.92. The van der Waals surface area contributed by atoms with E-state index < -0.39 is 6.36 Å². The van der Waals surface area contributed by atoms with Crippen LogP contribution in [0.3, 0.4) is 0 Å².